The van der Waals surface area contributed by atoms with E-state index in [9.17, 15) is 4.39 Å². The third-order valence-corrected chi connectivity index (χ3v) is 4.03. The van der Waals surface area contributed by atoms with Crippen molar-refractivity contribution in [3.05, 3.63) is 72.0 Å². The lowest BCUT2D eigenvalue weighted by Crippen LogP contribution is -2.12. The summed E-state index contributed by atoms with van der Waals surface area (Å²) in [6, 6.07) is 18.5. The Bertz CT molecular complexity index is 858. The van der Waals surface area contributed by atoms with Gasteiger partial charge < -0.3 is 15.4 Å². The molecule has 5 nitrogen and oxygen atoms in total. The van der Waals surface area contributed by atoms with Crippen LogP contribution in [0.4, 0.5) is 16.0 Å². The molecule has 1 heterocycles. The summed E-state index contributed by atoms with van der Waals surface area (Å²) in [6.45, 7) is 1.81. The van der Waals surface area contributed by atoms with E-state index in [0.717, 1.165) is 5.56 Å². The second-order valence-electron chi connectivity index (χ2n) is 6.02. The SMILES string of the molecule is COCCNc1cc(NCCc2ccccc2F)nc(-c2ccccc2)n1. The molecule has 0 saturated carbocycles. The summed E-state index contributed by atoms with van der Waals surface area (Å²) < 4.78 is 18.8. The fourth-order valence-electron chi connectivity index (χ4n) is 2.65. The van der Waals surface area contributed by atoms with Gasteiger partial charge in [-0.15, -0.1) is 0 Å². The lowest BCUT2D eigenvalue weighted by molar-refractivity contribution is 0.210. The van der Waals surface area contributed by atoms with Gasteiger partial charge in [-0.25, -0.2) is 14.4 Å². The molecule has 2 aromatic carbocycles. The minimum Gasteiger partial charge on any atom is -0.383 e. The van der Waals surface area contributed by atoms with E-state index in [-0.39, 0.29) is 5.82 Å². The van der Waals surface area contributed by atoms with Crippen LogP contribution in [0.3, 0.4) is 0 Å². The third-order valence-electron chi connectivity index (χ3n) is 4.03. The molecule has 0 fully saturated rings. The highest BCUT2D eigenvalue weighted by Crippen LogP contribution is 2.20. The van der Waals surface area contributed by atoms with Crippen molar-refractivity contribution in [1.29, 1.82) is 0 Å². The van der Waals surface area contributed by atoms with Gasteiger partial charge in [-0.2, -0.15) is 0 Å². The lowest BCUT2D eigenvalue weighted by Gasteiger charge is -2.12. The van der Waals surface area contributed by atoms with E-state index in [1.165, 1.54) is 6.07 Å². The average molecular weight is 366 g/mol. The van der Waals surface area contributed by atoms with Gasteiger partial charge in [0.05, 0.1) is 6.61 Å². The second-order valence-corrected chi connectivity index (χ2v) is 6.02. The fourth-order valence-corrected chi connectivity index (χ4v) is 2.65. The van der Waals surface area contributed by atoms with Gasteiger partial charge in [0, 0.05) is 31.8 Å². The monoisotopic (exact) mass is 366 g/mol. The number of hydrogen-bond donors (Lipinski definition) is 2. The van der Waals surface area contributed by atoms with E-state index < -0.39 is 0 Å². The smallest absolute Gasteiger partial charge is 0.163 e. The van der Waals surface area contributed by atoms with Gasteiger partial charge in [-0.1, -0.05) is 48.5 Å². The first-order chi connectivity index (χ1) is 13.3. The Labute approximate surface area is 158 Å². The van der Waals surface area contributed by atoms with Gasteiger partial charge in [-0.05, 0) is 18.1 Å². The predicted octanol–water partition coefficient (Wildman–Crippen LogP) is 4.00. The van der Waals surface area contributed by atoms with E-state index >= 15 is 0 Å². The first kappa shape index (κ1) is 18.8. The summed E-state index contributed by atoms with van der Waals surface area (Å²) in [6.07, 6.45) is 0.573. The van der Waals surface area contributed by atoms with Crippen molar-refractivity contribution in [2.75, 3.05) is 37.4 Å². The van der Waals surface area contributed by atoms with Crippen LogP contribution in [0.25, 0.3) is 11.4 Å². The van der Waals surface area contributed by atoms with Crippen molar-refractivity contribution >= 4 is 11.6 Å². The zero-order chi connectivity index (χ0) is 18.9. The molecule has 0 aliphatic rings. The van der Waals surface area contributed by atoms with Crippen molar-refractivity contribution in [1.82, 2.24) is 9.97 Å². The molecule has 0 unspecified atom stereocenters. The summed E-state index contributed by atoms with van der Waals surface area (Å²) in [5.74, 6) is 1.86. The van der Waals surface area contributed by atoms with Crippen LogP contribution in [0.2, 0.25) is 0 Å². The molecule has 0 saturated heterocycles. The summed E-state index contributed by atoms with van der Waals surface area (Å²) in [5, 5.41) is 6.51. The molecule has 0 aliphatic carbocycles. The van der Waals surface area contributed by atoms with Crippen LogP contribution < -0.4 is 10.6 Å². The normalized spacial score (nSPS) is 10.6. The average Bonchev–Trinajstić information content (AvgIpc) is 2.70. The largest absolute Gasteiger partial charge is 0.383 e. The third kappa shape index (κ3) is 5.49. The number of halogens is 1. The van der Waals surface area contributed by atoms with Crippen LogP contribution >= 0.6 is 0 Å². The van der Waals surface area contributed by atoms with Gasteiger partial charge in [0.25, 0.3) is 0 Å². The van der Waals surface area contributed by atoms with Gasteiger partial charge in [0.1, 0.15) is 17.5 Å². The summed E-state index contributed by atoms with van der Waals surface area (Å²) in [5.41, 5.74) is 1.62. The van der Waals surface area contributed by atoms with Crippen LogP contribution in [0, 0.1) is 5.82 Å². The van der Waals surface area contributed by atoms with Gasteiger partial charge >= 0.3 is 0 Å². The Kier molecular flexibility index (Phi) is 6.71. The standard InChI is InChI=1S/C21H23FN4O/c1-27-14-13-24-20-15-19(23-12-11-16-7-5-6-10-18(16)22)25-21(26-20)17-8-3-2-4-9-17/h2-10,15H,11-14H2,1H3,(H2,23,24,25,26). The lowest BCUT2D eigenvalue weighted by atomic mass is 10.1. The highest BCUT2D eigenvalue weighted by Gasteiger charge is 2.07. The van der Waals surface area contributed by atoms with Gasteiger partial charge in [-0.3, -0.25) is 0 Å². The van der Waals surface area contributed by atoms with Crippen molar-refractivity contribution in [3.63, 3.8) is 0 Å². The summed E-state index contributed by atoms with van der Waals surface area (Å²) in [7, 11) is 1.66. The van der Waals surface area contributed by atoms with Crippen molar-refractivity contribution in [2.45, 2.75) is 6.42 Å². The molecule has 140 valence electrons. The zero-order valence-corrected chi connectivity index (χ0v) is 15.3. The van der Waals surface area contributed by atoms with Gasteiger partial charge in [0.15, 0.2) is 5.82 Å². The number of aromatic nitrogens is 2. The van der Waals surface area contributed by atoms with E-state index in [1.807, 2.05) is 42.5 Å². The maximum absolute atomic E-state index is 13.8. The van der Waals surface area contributed by atoms with Crippen LogP contribution in [-0.4, -0.2) is 36.8 Å². The van der Waals surface area contributed by atoms with Crippen LogP contribution in [-0.2, 0) is 11.2 Å². The molecule has 1 aromatic heterocycles. The molecule has 0 amide bonds. The molecule has 0 aliphatic heterocycles. The Morgan fingerprint density at radius 2 is 1.56 bits per heavy atom. The number of nitrogens with one attached hydrogen (secondary N) is 2. The van der Waals surface area contributed by atoms with Crippen molar-refractivity contribution in [3.8, 4) is 11.4 Å². The van der Waals surface area contributed by atoms with Crippen LogP contribution in [0.15, 0.2) is 60.7 Å². The Morgan fingerprint density at radius 1 is 0.889 bits per heavy atom. The summed E-state index contributed by atoms with van der Waals surface area (Å²) >= 11 is 0. The number of hydrogen-bond acceptors (Lipinski definition) is 5. The van der Waals surface area contributed by atoms with Crippen LogP contribution in [0.1, 0.15) is 5.56 Å². The molecule has 0 bridgehead atoms. The van der Waals surface area contributed by atoms with Crippen molar-refractivity contribution < 1.29 is 9.13 Å². The molecule has 0 radical (unpaired) electrons. The van der Waals surface area contributed by atoms with Gasteiger partial charge in [0.2, 0.25) is 0 Å². The number of rotatable bonds is 9. The number of nitrogens with zero attached hydrogens (tertiary/aromatic N) is 2. The highest BCUT2D eigenvalue weighted by molar-refractivity contribution is 5.61. The molecular formula is C21H23FN4O. The number of ether oxygens (including phenoxy) is 1. The molecule has 6 heteroatoms. The highest BCUT2D eigenvalue weighted by atomic mass is 19.1. The molecule has 0 spiro atoms. The Hall–Kier alpha value is -2.99. The quantitative estimate of drug-likeness (QED) is 0.561. The maximum atomic E-state index is 13.8. The fraction of sp³-hybridized carbons (Fsp3) is 0.238. The molecule has 3 rings (SSSR count). The number of methoxy groups -OCH3 is 1. The minimum absolute atomic E-state index is 0.186. The number of anilines is 2. The van der Waals surface area contributed by atoms with E-state index in [0.29, 0.717) is 49.1 Å². The number of benzene rings is 2. The van der Waals surface area contributed by atoms with E-state index in [4.69, 9.17) is 4.74 Å². The van der Waals surface area contributed by atoms with E-state index in [2.05, 4.69) is 20.6 Å². The molecule has 27 heavy (non-hydrogen) atoms. The predicted molar refractivity (Wildman–Crippen MR) is 106 cm³/mol. The molecule has 0 atom stereocenters. The van der Waals surface area contributed by atoms with E-state index in [1.54, 1.807) is 19.2 Å². The summed E-state index contributed by atoms with van der Waals surface area (Å²) in [4.78, 5) is 9.18. The minimum atomic E-state index is -0.186. The Morgan fingerprint density at radius 3 is 2.26 bits per heavy atom. The maximum Gasteiger partial charge on any atom is 0.163 e. The Balaban J connectivity index is 1.74. The first-order valence-electron chi connectivity index (χ1n) is 8.91. The molecule has 3 aromatic rings. The topological polar surface area (TPSA) is 59.1 Å². The van der Waals surface area contributed by atoms with Crippen molar-refractivity contribution in [2.24, 2.45) is 0 Å². The molecule has 2 N–H and O–H groups in total. The second kappa shape index (κ2) is 9.64. The first-order valence-corrected chi connectivity index (χ1v) is 8.91. The van der Waals surface area contributed by atoms with Crippen LogP contribution in [0.5, 0.6) is 0 Å². The molecular weight excluding hydrogens is 343 g/mol. The zero-order valence-electron chi connectivity index (χ0n) is 15.3.